The minimum atomic E-state index is -3.54. The van der Waals surface area contributed by atoms with E-state index >= 15 is 0 Å². The van der Waals surface area contributed by atoms with Crippen molar-refractivity contribution in [2.45, 2.75) is 30.2 Å². The van der Waals surface area contributed by atoms with Gasteiger partial charge in [0, 0.05) is 17.4 Å². The molecule has 0 spiro atoms. The molecule has 0 saturated carbocycles. The van der Waals surface area contributed by atoms with Gasteiger partial charge in [-0.25, -0.2) is 8.42 Å². The van der Waals surface area contributed by atoms with Gasteiger partial charge in [0.2, 0.25) is 10.0 Å². The first-order valence-electron chi connectivity index (χ1n) is 8.73. The fourth-order valence-corrected chi connectivity index (χ4v) is 5.44. The molecule has 0 amide bonds. The number of hydrogen-bond acceptors (Lipinski definition) is 4. The van der Waals surface area contributed by atoms with Gasteiger partial charge in [-0.05, 0) is 54.8 Å². The van der Waals surface area contributed by atoms with Crippen molar-refractivity contribution in [1.29, 1.82) is 0 Å². The van der Waals surface area contributed by atoms with Crippen LogP contribution < -0.4 is 9.47 Å². The van der Waals surface area contributed by atoms with Crippen molar-refractivity contribution < 1.29 is 17.9 Å². The summed E-state index contributed by atoms with van der Waals surface area (Å²) in [5, 5.41) is 0. The molecule has 0 N–H and O–H groups in total. The van der Waals surface area contributed by atoms with Crippen molar-refractivity contribution in [2.75, 3.05) is 19.8 Å². The summed E-state index contributed by atoms with van der Waals surface area (Å²) in [5.41, 5.74) is 0.951. The van der Waals surface area contributed by atoms with E-state index < -0.39 is 10.0 Å². The molecule has 26 heavy (non-hydrogen) atoms. The molecular formula is C19H20BrNO4S. The van der Waals surface area contributed by atoms with Gasteiger partial charge in [0.05, 0.1) is 24.2 Å². The molecule has 0 radical (unpaired) electrons. The monoisotopic (exact) mass is 437 g/mol. The smallest absolute Gasteiger partial charge is 0.243 e. The van der Waals surface area contributed by atoms with Gasteiger partial charge >= 0.3 is 0 Å². The van der Waals surface area contributed by atoms with Crippen LogP contribution in [0.4, 0.5) is 0 Å². The van der Waals surface area contributed by atoms with Crippen LogP contribution in [-0.4, -0.2) is 32.5 Å². The summed E-state index contributed by atoms with van der Waals surface area (Å²) >= 11 is 3.35. The van der Waals surface area contributed by atoms with E-state index in [-0.39, 0.29) is 6.04 Å². The second-order valence-corrected chi connectivity index (χ2v) is 9.29. The van der Waals surface area contributed by atoms with Crippen LogP contribution >= 0.6 is 15.9 Å². The van der Waals surface area contributed by atoms with Crippen molar-refractivity contribution in [3.05, 3.63) is 52.5 Å². The normalized spacial score (nSPS) is 20.7. The third-order valence-corrected chi connectivity index (χ3v) is 7.23. The average Bonchev–Trinajstić information content (AvgIpc) is 3.02. The summed E-state index contributed by atoms with van der Waals surface area (Å²) in [6.07, 6.45) is 2.49. The van der Waals surface area contributed by atoms with Gasteiger partial charge in [0.1, 0.15) is 0 Å². The number of halogens is 1. The summed E-state index contributed by atoms with van der Waals surface area (Å²) in [7, 11) is -3.54. The molecule has 7 heteroatoms. The molecule has 2 aromatic carbocycles. The zero-order valence-corrected chi connectivity index (χ0v) is 16.6. The lowest BCUT2D eigenvalue weighted by atomic mass is 10.0. The Morgan fingerprint density at radius 1 is 0.962 bits per heavy atom. The van der Waals surface area contributed by atoms with Crippen molar-refractivity contribution in [2.24, 2.45) is 0 Å². The van der Waals surface area contributed by atoms with E-state index in [1.54, 1.807) is 28.6 Å². The highest BCUT2D eigenvalue weighted by Gasteiger charge is 2.36. The maximum absolute atomic E-state index is 13.1. The zero-order valence-electron chi connectivity index (χ0n) is 14.2. The van der Waals surface area contributed by atoms with Crippen LogP contribution in [0.15, 0.2) is 51.8 Å². The second-order valence-electron chi connectivity index (χ2n) is 6.48. The van der Waals surface area contributed by atoms with Gasteiger partial charge in [-0.15, -0.1) is 0 Å². The average molecular weight is 438 g/mol. The molecule has 4 rings (SSSR count). The number of hydrogen-bond donors (Lipinski definition) is 0. The molecule has 1 fully saturated rings. The Bertz CT molecular complexity index is 898. The van der Waals surface area contributed by atoms with Crippen LogP contribution in [-0.2, 0) is 10.0 Å². The first-order chi connectivity index (χ1) is 12.6. The standard InChI is InChI=1S/C19H20BrNO4S/c20-15-5-7-16(8-6-15)26(22,23)21-10-1-3-17(21)14-4-9-18-19(13-14)25-12-2-11-24-18/h4-9,13,17H,1-3,10-12H2. The maximum Gasteiger partial charge on any atom is 0.243 e. The summed E-state index contributed by atoms with van der Waals surface area (Å²) in [4.78, 5) is 0.321. The molecule has 0 bridgehead atoms. The van der Waals surface area contributed by atoms with Crippen LogP contribution in [0.25, 0.3) is 0 Å². The summed E-state index contributed by atoms with van der Waals surface area (Å²) in [5.74, 6) is 1.43. The highest BCUT2D eigenvalue weighted by molar-refractivity contribution is 9.10. The van der Waals surface area contributed by atoms with Gasteiger partial charge in [-0.3, -0.25) is 0 Å². The van der Waals surface area contributed by atoms with Crippen LogP contribution in [0.1, 0.15) is 30.9 Å². The number of sulfonamides is 1. The fraction of sp³-hybridized carbons (Fsp3) is 0.368. The lowest BCUT2D eigenvalue weighted by Crippen LogP contribution is -2.30. The van der Waals surface area contributed by atoms with Gasteiger partial charge < -0.3 is 9.47 Å². The van der Waals surface area contributed by atoms with Crippen molar-refractivity contribution >= 4 is 26.0 Å². The number of nitrogens with zero attached hydrogens (tertiary/aromatic N) is 1. The van der Waals surface area contributed by atoms with Crippen LogP contribution in [0, 0.1) is 0 Å². The molecule has 2 aliphatic heterocycles. The predicted octanol–water partition coefficient (Wildman–Crippen LogP) is 4.14. The minimum Gasteiger partial charge on any atom is -0.490 e. The van der Waals surface area contributed by atoms with Crippen molar-refractivity contribution in [3.8, 4) is 11.5 Å². The lowest BCUT2D eigenvalue weighted by Gasteiger charge is -2.25. The SMILES string of the molecule is O=S(=O)(c1ccc(Br)cc1)N1CCCC1c1ccc2c(c1)OCCCO2. The quantitative estimate of drug-likeness (QED) is 0.723. The van der Waals surface area contributed by atoms with E-state index in [1.165, 1.54) is 0 Å². The highest BCUT2D eigenvalue weighted by atomic mass is 79.9. The van der Waals surface area contributed by atoms with Gasteiger partial charge in [0.25, 0.3) is 0 Å². The predicted molar refractivity (Wildman–Crippen MR) is 102 cm³/mol. The van der Waals surface area contributed by atoms with E-state index in [1.807, 2.05) is 18.2 Å². The third kappa shape index (κ3) is 3.35. The first kappa shape index (κ1) is 17.8. The molecule has 5 nitrogen and oxygen atoms in total. The van der Waals surface area contributed by atoms with Crippen LogP contribution in [0.2, 0.25) is 0 Å². The van der Waals surface area contributed by atoms with E-state index in [9.17, 15) is 8.42 Å². The Kier molecular flexibility index (Phi) is 4.94. The van der Waals surface area contributed by atoms with E-state index in [2.05, 4.69) is 15.9 Å². The van der Waals surface area contributed by atoms with E-state index in [0.29, 0.717) is 30.4 Å². The van der Waals surface area contributed by atoms with Crippen LogP contribution in [0.5, 0.6) is 11.5 Å². The largest absolute Gasteiger partial charge is 0.490 e. The molecule has 1 unspecified atom stereocenters. The molecule has 1 saturated heterocycles. The maximum atomic E-state index is 13.1. The number of fused-ring (bicyclic) bond motifs is 1. The number of ether oxygens (including phenoxy) is 2. The second kappa shape index (κ2) is 7.21. The Balaban J connectivity index is 1.66. The molecule has 0 aliphatic carbocycles. The third-order valence-electron chi connectivity index (χ3n) is 4.78. The molecule has 2 aromatic rings. The molecule has 0 aromatic heterocycles. The highest BCUT2D eigenvalue weighted by Crippen LogP contribution is 2.40. The topological polar surface area (TPSA) is 55.8 Å². The number of benzene rings is 2. The zero-order chi connectivity index (χ0) is 18.1. The first-order valence-corrected chi connectivity index (χ1v) is 11.0. The van der Waals surface area contributed by atoms with Gasteiger partial charge in [-0.2, -0.15) is 4.31 Å². The number of rotatable bonds is 3. The minimum absolute atomic E-state index is 0.180. The van der Waals surface area contributed by atoms with E-state index in [0.717, 1.165) is 35.0 Å². The van der Waals surface area contributed by atoms with Crippen molar-refractivity contribution in [3.63, 3.8) is 0 Å². The lowest BCUT2D eigenvalue weighted by molar-refractivity contribution is 0.296. The molecule has 2 heterocycles. The summed E-state index contributed by atoms with van der Waals surface area (Å²) < 4.78 is 40.2. The Morgan fingerprint density at radius 3 is 2.46 bits per heavy atom. The van der Waals surface area contributed by atoms with Crippen LogP contribution in [0.3, 0.4) is 0 Å². The molecular weight excluding hydrogens is 418 g/mol. The Hall–Kier alpha value is -1.57. The summed E-state index contributed by atoms with van der Waals surface area (Å²) in [6.45, 7) is 1.78. The molecule has 2 aliphatic rings. The molecule has 138 valence electrons. The van der Waals surface area contributed by atoms with Crippen molar-refractivity contribution in [1.82, 2.24) is 4.31 Å². The Labute approximate surface area is 162 Å². The fourth-order valence-electron chi connectivity index (χ4n) is 3.49. The van der Waals surface area contributed by atoms with Gasteiger partial charge in [0.15, 0.2) is 11.5 Å². The van der Waals surface area contributed by atoms with E-state index in [4.69, 9.17) is 9.47 Å². The van der Waals surface area contributed by atoms with Gasteiger partial charge in [-0.1, -0.05) is 22.0 Å². The summed E-state index contributed by atoms with van der Waals surface area (Å²) in [6, 6.07) is 12.4. The molecule has 1 atom stereocenters. The Morgan fingerprint density at radius 2 is 1.69 bits per heavy atom.